The van der Waals surface area contributed by atoms with Crippen LogP contribution in [-0.2, 0) is 14.8 Å². The Hall–Kier alpha value is -2.93. The van der Waals surface area contributed by atoms with E-state index in [0.717, 1.165) is 16.1 Å². The highest BCUT2D eigenvalue weighted by atomic mass is 35.5. The third kappa shape index (κ3) is 4.63. The van der Waals surface area contributed by atoms with Crippen LogP contribution in [0, 0.1) is 0 Å². The molecule has 0 aliphatic rings. The van der Waals surface area contributed by atoms with Crippen molar-refractivity contribution in [2.24, 2.45) is 0 Å². The fourth-order valence-corrected chi connectivity index (χ4v) is 4.51. The Bertz CT molecular complexity index is 1390. The highest BCUT2D eigenvalue weighted by molar-refractivity contribution is 7.99. The van der Waals surface area contributed by atoms with Gasteiger partial charge in [-0.25, -0.2) is 27.4 Å². The van der Waals surface area contributed by atoms with Crippen LogP contribution in [-0.4, -0.2) is 58.2 Å². The Kier molecular flexibility index (Phi) is 6.20. The molecule has 1 N–H and O–H groups in total. The Labute approximate surface area is 192 Å². The van der Waals surface area contributed by atoms with Crippen LogP contribution >= 0.6 is 23.4 Å². The van der Waals surface area contributed by atoms with Crippen molar-refractivity contribution < 1.29 is 17.6 Å². The summed E-state index contributed by atoms with van der Waals surface area (Å²) in [4.78, 5) is 20.8. The Morgan fingerprint density at radius 3 is 2.78 bits per heavy atom. The molecule has 13 heteroatoms. The number of sulfonamides is 1. The number of rotatable bonds is 7. The number of hydrogen-bond acceptors (Lipinski definition) is 8. The lowest BCUT2D eigenvalue weighted by molar-refractivity contribution is -0.113. The first-order valence-electron chi connectivity index (χ1n) is 9.14. The van der Waals surface area contributed by atoms with Gasteiger partial charge >= 0.3 is 0 Å². The molecule has 166 valence electrons. The van der Waals surface area contributed by atoms with Gasteiger partial charge in [0.25, 0.3) is 5.22 Å². The first-order chi connectivity index (χ1) is 15.2. The molecule has 32 heavy (non-hydrogen) atoms. The number of anilines is 1. The molecule has 0 saturated carbocycles. The van der Waals surface area contributed by atoms with Crippen molar-refractivity contribution in [3.63, 3.8) is 0 Å². The van der Waals surface area contributed by atoms with Crippen LogP contribution in [0.5, 0.6) is 0 Å². The maximum atomic E-state index is 12.5. The Morgan fingerprint density at radius 2 is 2.06 bits per heavy atom. The molecule has 4 aromatic rings. The summed E-state index contributed by atoms with van der Waals surface area (Å²) in [7, 11) is -0.678. The van der Waals surface area contributed by atoms with Crippen molar-refractivity contribution in [2.45, 2.75) is 10.1 Å². The maximum Gasteiger partial charge on any atom is 0.257 e. The molecular formula is C19H17ClN6O4S2. The summed E-state index contributed by atoms with van der Waals surface area (Å²) in [5, 5.41) is 7.58. The van der Waals surface area contributed by atoms with Crippen LogP contribution in [0.3, 0.4) is 0 Å². The third-order valence-corrected chi connectivity index (χ3v) is 7.22. The number of carbonyl (C=O) groups is 1. The molecule has 4 rings (SSSR count). The molecule has 1 amide bonds. The summed E-state index contributed by atoms with van der Waals surface area (Å²) < 4.78 is 32.8. The second-order valence-corrected chi connectivity index (χ2v) is 10.2. The van der Waals surface area contributed by atoms with Gasteiger partial charge in [0, 0.05) is 19.1 Å². The topological polar surface area (TPSA) is 123 Å². The average molecular weight is 493 g/mol. The molecule has 0 aliphatic carbocycles. The maximum absolute atomic E-state index is 12.5. The van der Waals surface area contributed by atoms with Gasteiger partial charge in [-0.1, -0.05) is 23.4 Å². The molecule has 10 nitrogen and oxygen atoms in total. The van der Waals surface area contributed by atoms with Crippen molar-refractivity contribution in [1.82, 2.24) is 24.1 Å². The van der Waals surface area contributed by atoms with Gasteiger partial charge in [-0.3, -0.25) is 4.79 Å². The van der Waals surface area contributed by atoms with Crippen LogP contribution in [0.4, 0.5) is 5.69 Å². The molecule has 2 aromatic carbocycles. The number of carbonyl (C=O) groups excluding carboxylic acids is 1. The highest BCUT2D eigenvalue weighted by Crippen LogP contribution is 2.27. The highest BCUT2D eigenvalue weighted by Gasteiger charge is 2.19. The SMILES string of the molecule is CN(C)S(=O)(=O)c1ccc2oc(SCC(=O)Nc3cc(Cl)ccc3-n3cncn3)nc2c1. The van der Waals surface area contributed by atoms with Crippen LogP contribution in [0.1, 0.15) is 0 Å². The number of benzene rings is 2. The van der Waals surface area contributed by atoms with Crippen molar-refractivity contribution in [3.05, 3.63) is 54.1 Å². The first kappa shape index (κ1) is 22.3. The lowest BCUT2D eigenvalue weighted by atomic mass is 10.2. The quantitative estimate of drug-likeness (QED) is 0.390. The minimum Gasteiger partial charge on any atom is -0.431 e. The molecule has 0 bridgehead atoms. The molecular weight excluding hydrogens is 476 g/mol. The van der Waals surface area contributed by atoms with Crippen LogP contribution in [0.2, 0.25) is 5.02 Å². The monoisotopic (exact) mass is 492 g/mol. The number of hydrogen-bond donors (Lipinski definition) is 1. The fraction of sp³-hybridized carbons (Fsp3) is 0.158. The Morgan fingerprint density at radius 1 is 1.25 bits per heavy atom. The van der Waals surface area contributed by atoms with E-state index >= 15 is 0 Å². The van der Waals surface area contributed by atoms with Crippen molar-refractivity contribution in [3.8, 4) is 5.69 Å². The minimum atomic E-state index is -3.59. The van der Waals surface area contributed by atoms with Gasteiger partial charge < -0.3 is 9.73 Å². The largest absolute Gasteiger partial charge is 0.431 e. The van der Waals surface area contributed by atoms with Gasteiger partial charge in [-0.15, -0.1) is 0 Å². The molecule has 0 unspecified atom stereocenters. The zero-order valence-corrected chi connectivity index (χ0v) is 19.3. The number of aromatic nitrogens is 4. The lowest BCUT2D eigenvalue weighted by Crippen LogP contribution is -2.22. The molecule has 2 aromatic heterocycles. The molecule has 0 radical (unpaired) electrons. The van der Waals surface area contributed by atoms with Gasteiger partial charge in [0.05, 0.1) is 22.0 Å². The van der Waals surface area contributed by atoms with Crippen LogP contribution in [0.25, 0.3) is 16.8 Å². The van der Waals surface area contributed by atoms with Crippen LogP contribution < -0.4 is 5.32 Å². The fourth-order valence-electron chi connectivity index (χ4n) is 2.77. The Balaban J connectivity index is 1.47. The van der Waals surface area contributed by atoms with Gasteiger partial charge in [0.1, 0.15) is 18.2 Å². The number of nitrogens with one attached hydrogen (secondary N) is 1. The summed E-state index contributed by atoms with van der Waals surface area (Å²) in [6, 6.07) is 9.46. The van der Waals surface area contributed by atoms with Crippen molar-refractivity contribution >= 4 is 56.1 Å². The summed E-state index contributed by atoms with van der Waals surface area (Å²) in [5.41, 5.74) is 1.90. The van der Waals surface area contributed by atoms with Crippen molar-refractivity contribution in [1.29, 1.82) is 0 Å². The van der Waals surface area contributed by atoms with E-state index in [0.29, 0.717) is 27.5 Å². The van der Waals surface area contributed by atoms with Gasteiger partial charge in [0.2, 0.25) is 15.9 Å². The van der Waals surface area contributed by atoms with E-state index in [1.807, 2.05) is 0 Å². The summed E-state index contributed by atoms with van der Waals surface area (Å²) in [6.07, 6.45) is 2.90. The number of fused-ring (bicyclic) bond motifs is 1. The molecule has 0 atom stereocenters. The van der Waals surface area contributed by atoms with Gasteiger partial charge in [0.15, 0.2) is 5.58 Å². The number of amides is 1. The first-order valence-corrected chi connectivity index (χ1v) is 11.9. The zero-order valence-electron chi connectivity index (χ0n) is 16.9. The third-order valence-electron chi connectivity index (χ3n) is 4.34. The van der Waals surface area contributed by atoms with E-state index in [1.165, 1.54) is 43.6 Å². The number of halogens is 1. The van der Waals surface area contributed by atoms with E-state index in [9.17, 15) is 13.2 Å². The van der Waals surface area contributed by atoms with E-state index < -0.39 is 10.0 Å². The molecule has 0 fully saturated rings. The second kappa shape index (κ2) is 8.90. The van der Waals surface area contributed by atoms with E-state index in [-0.39, 0.29) is 21.8 Å². The lowest BCUT2D eigenvalue weighted by Gasteiger charge is -2.10. The molecule has 0 aliphatic heterocycles. The van der Waals surface area contributed by atoms with Crippen LogP contribution in [0.15, 0.2) is 63.6 Å². The number of oxazole rings is 1. The minimum absolute atomic E-state index is 0.0129. The molecule has 0 saturated heterocycles. The van der Waals surface area contributed by atoms with Crippen molar-refractivity contribution in [2.75, 3.05) is 25.2 Å². The number of thioether (sulfide) groups is 1. The second-order valence-electron chi connectivity index (χ2n) is 6.74. The standard InChI is InChI=1S/C19H17ClN6O4S2/c1-25(2)32(28,29)13-4-6-17-15(8-13)24-19(30-17)31-9-18(27)23-14-7-12(20)3-5-16(14)26-11-21-10-22-26/h3-8,10-11H,9H2,1-2H3,(H,23,27). The predicted molar refractivity (Wildman–Crippen MR) is 121 cm³/mol. The summed E-state index contributed by atoms with van der Waals surface area (Å²) in [5.74, 6) is -0.296. The van der Waals surface area contributed by atoms with E-state index in [4.69, 9.17) is 16.0 Å². The van der Waals surface area contributed by atoms with E-state index in [2.05, 4.69) is 20.4 Å². The summed E-state index contributed by atoms with van der Waals surface area (Å²) in [6.45, 7) is 0. The number of nitrogens with zero attached hydrogens (tertiary/aromatic N) is 5. The zero-order chi connectivity index (χ0) is 22.9. The molecule has 0 spiro atoms. The average Bonchev–Trinajstić information content (AvgIpc) is 3.41. The van der Waals surface area contributed by atoms with E-state index in [1.54, 1.807) is 24.3 Å². The smallest absolute Gasteiger partial charge is 0.257 e. The van der Waals surface area contributed by atoms with Gasteiger partial charge in [-0.2, -0.15) is 5.10 Å². The normalized spacial score (nSPS) is 11.9. The molecule has 2 heterocycles. The predicted octanol–water partition coefficient (Wildman–Crippen LogP) is 3.04. The van der Waals surface area contributed by atoms with Gasteiger partial charge in [-0.05, 0) is 36.4 Å². The summed E-state index contributed by atoms with van der Waals surface area (Å²) >= 11 is 7.15.